The van der Waals surface area contributed by atoms with Crippen molar-refractivity contribution in [3.05, 3.63) is 76.4 Å². The van der Waals surface area contributed by atoms with Crippen molar-refractivity contribution in [1.29, 1.82) is 0 Å². The van der Waals surface area contributed by atoms with Crippen LogP contribution in [-0.2, 0) is 6.54 Å². The average Bonchev–Trinajstić information content (AvgIpc) is 2.90. The standard InChI is InChI=1S/C16H12BrN3O2/c17-14-16(18-15(21)13-9-5-2-6-10-13)22-19-20(14)11-12-7-3-1-4-8-12/h1-10H,11H2. The highest BCUT2D eigenvalue weighted by atomic mass is 79.9. The Morgan fingerprint density at radius 2 is 1.73 bits per heavy atom. The van der Waals surface area contributed by atoms with E-state index in [2.05, 4.69) is 26.2 Å². The van der Waals surface area contributed by atoms with Gasteiger partial charge < -0.3 is 5.11 Å². The highest BCUT2D eigenvalue weighted by Gasteiger charge is 2.21. The van der Waals surface area contributed by atoms with E-state index in [1.165, 1.54) is 0 Å². The van der Waals surface area contributed by atoms with Gasteiger partial charge in [0.15, 0.2) is 0 Å². The molecule has 0 bridgehead atoms. The molecule has 22 heavy (non-hydrogen) atoms. The van der Waals surface area contributed by atoms with Gasteiger partial charge in [-0.15, -0.1) is 0 Å². The second-order valence-electron chi connectivity index (χ2n) is 4.60. The number of benzene rings is 2. The summed E-state index contributed by atoms with van der Waals surface area (Å²) < 4.78 is 7.27. The van der Waals surface area contributed by atoms with E-state index in [0.717, 1.165) is 5.56 Å². The van der Waals surface area contributed by atoms with Gasteiger partial charge in [-0.25, -0.2) is 4.99 Å². The van der Waals surface area contributed by atoms with Gasteiger partial charge in [0.25, 0.3) is 0 Å². The average molecular weight is 358 g/mol. The molecule has 0 N–H and O–H groups in total. The van der Waals surface area contributed by atoms with Gasteiger partial charge in [-0.3, -0.25) is 4.52 Å². The lowest BCUT2D eigenvalue weighted by Crippen LogP contribution is -2.37. The van der Waals surface area contributed by atoms with E-state index in [1.54, 1.807) is 28.9 Å². The highest BCUT2D eigenvalue weighted by molar-refractivity contribution is 9.10. The van der Waals surface area contributed by atoms with E-state index in [0.29, 0.717) is 16.7 Å². The maximum Gasteiger partial charge on any atom is 0.342 e. The third kappa shape index (κ3) is 3.23. The van der Waals surface area contributed by atoms with Gasteiger partial charge in [0.1, 0.15) is 0 Å². The summed E-state index contributed by atoms with van der Waals surface area (Å²) in [4.78, 5) is 3.96. The molecule has 0 unspecified atom stereocenters. The Morgan fingerprint density at radius 3 is 2.41 bits per heavy atom. The predicted octanol–water partition coefficient (Wildman–Crippen LogP) is 2.21. The summed E-state index contributed by atoms with van der Waals surface area (Å²) in [6.45, 7) is 0.528. The van der Waals surface area contributed by atoms with Crippen LogP contribution in [0.5, 0.6) is 0 Å². The molecule has 3 aromatic rings. The van der Waals surface area contributed by atoms with Gasteiger partial charge in [-0.1, -0.05) is 60.7 Å². The fraction of sp³-hybridized carbons (Fsp3) is 0.0625. The van der Waals surface area contributed by atoms with Crippen molar-refractivity contribution in [2.75, 3.05) is 0 Å². The molecule has 0 aliphatic rings. The van der Waals surface area contributed by atoms with Crippen LogP contribution in [0.3, 0.4) is 0 Å². The number of rotatable bonds is 4. The summed E-state index contributed by atoms with van der Waals surface area (Å²) in [5.74, 6) is -0.214. The Labute approximate surface area is 135 Å². The molecular formula is C16H12BrN3O2. The molecule has 0 saturated heterocycles. The van der Waals surface area contributed by atoms with E-state index in [4.69, 9.17) is 4.52 Å². The molecule has 5 nitrogen and oxygen atoms in total. The Kier molecular flexibility index (Phi) is 4.29. The lowest BCUT2D eigenvalue weighted by Gasteiger charge is -2.07. The van der Waals surface area contributed by atoms with Crippen LogP contribution in [0, 0.1) is 0 Å². The maximum atomic E-state index is 12.0. The lowest BCUT2D eigenvalue weighted by atomic mass is 10.2. The first-order valence-corrected chi connectivity index (χ1v) is 7.43. The predicted molar refractivity (Wildman–Crippen MR) is 82.6 cm³/mol. The lowest BCUT2D eigenvalue weighted by molar-refractivity contribution is -0.763. The molecule has 0 atom stereocenters. The molecule has 0 aliphatic heterocycles. The molecule has 0 spiro atoms. The van der Waals surface area contributed by atoms with Crippen LogP contribution in [0.2, 0.25) is 0 Å². The van der Waals surface area contributed by atoms with Gasteiger partial charge >= 0.3 is 10.5 Å². The fourth-order valence-electron chi connectivity index (χ4n) is 1.93. The van der Waals surface area contributed by atoms with Crippen molar-refractivity contribution in [2.24, 2.45) is 4.99 Å². The Bertz CT molecular complexity index is 786. The van der Waals surface area contributed by atoms with Gasteiger partial charge in [0.2, 0.25) is 11.8 Å². The van der Waals surface area contributed by atoms with Gasteiger partial charge in [-0.05, 0) is 16.1 Å². The molecule has 0 aliphatic carbocycles. The van der Waals surface area contributed by atoms with Crippen molar-refractivity contribution in [1.82, 2.24) is 5.27 Å². The second-order valence-corrected chi connectivity index (χ2v) is 5.35. The smallest absolute Gasteiger partial charge is 0.342 e. The Morgan fingerprint density at radius 1 is 1.09 bits per heavy atom. The molecule has 3 rings (SSSR count). The van der Waals surface area contributed by atoms with Crippen molar-refractivity contribution >= 4 is 27.7 Å². The van der Waals surface area contributed by atoms with E-state index in [1.807, 2.05) is 36.4 Å². The number of aliphatic imine (C=N–C) groups is 1. The third-order valence-corrected chi connectivity index (χ3v) is 3.78. The van der Waals surface area contributed by atoms with Crippen LogP contribution in [0.15, 0.2) is 74.8 Å². The topological polar surface area (TPSA) is 65.3 Å². The first-order valence-electron chi connectivity index (χ1n) is 6.64. The van der Waals surface area contributed by atoms with Crippen molar-refractivity contribution in [2.45, 2.75) is 6.54 Å². The fourth-order valence-corrected chi connectivity index (χ4v) is 2.28. The SMILES string of the molecule is [O-]/C(=N\c1on[n+](Cc2ccccc2)c1Br)c1ccccc1. The maximum absolute atomic E-state index is 12.0. The third-order valence-electron chi connectivity index (χ3n) is 3.03. The molecule has 0 saturated carbocycles. The van der Waals surface area contributed by atoms with Crippen molar-refractivity contribution in [3.8, 4) is 0 Å². The zero-order valence-corrected chi connectivity index (χ0v) is 13.1. The first-order chi connectivity index (χ1) is 10.7. The summed E-state index contributed by atoms with van der Waals surface area (Å²) in [6.07, 6.45) is 0. The Hall–Kier alpha value is -2.47. The Balaban J connectivity index is 1.85. The minimum Gasteiger partial charge on any atom is -0.858 e. The largest absolute Gasteiger partial charge is 0.858 e. The number of nitrogens with zero attached hydrogens (tertiary/aromatic N) is 3. The molecule has 110 valence electrons. The highest BCUT2D eigenvalue weighted by Crippen LogP contribution is 2.21. The molecular weight excluding hydrogens is 346 g/mol. The van der Waals surface area contributed by atoms with E-state index in [9.17, 15) is 5.11 Å². The zero-order valence-electron chi connectivity index (χ0n) is 11.5. The van der Waals surface area contributed by atoms with E-state index >= 15 is 0 Å². The minimum absolute atomic E-state index is 0.157. The van der Waals surface area contributed by atoms with Crippen LogP contribution < -0.4 is 9.79 Å². The molecule has 0 amide bonds. The van der Waals surface area contributed by atoms with Gasteiger partial charge in [0, 0.05) is 21.5 Å². The second kappa shape index (κ2) is 6.53. The van der Waals surface area contributed by atoms with E-state index in [-0.39, 0.29) is 11.8 Å². The molecule has 1 heterocycles. The molecule has 1 aromatic heterocycles. The minimum atomic E-state index is -0.371. The number of hydrogen-bond acceptors (Lipinski definition) is 4. The first kappa shape index (κ1) is 14.5. The van der Waals surface area contributed by atoms with Gasteiger partial charge in [-0.2, -0.15) is 0 Å². The summed E-state index contributed by atoms with van der Waals surface area (Å²) in [6, 6.07) is 18.6. The number of aromatic nitrogens is 2. The van der Waals surface area contributed by atoms with E-state index < -0.39 is 0 Å². The normalized spacial score (nSPS) is 11.6. The summed E-state index contributed by atoms with van der Waals surface area (Å²) in [5, 5.41) is 16.0. The number of hydrogen-bond donors (Lipinski definition) is 0. The summed E-state index contributed by atoms with van der Waals surface area (Å²) in [5.41, 5.74) is 1.57. The van der Waals surface area contributed by atoms with Crippen LogP contribution in [0.25, 0.3) is 0 Å². The van der Waals surface area contributed by atoms with Crippen LogP contribution in [0.4, 0.5) is 5.88 Å². The molecule has 6 heteroatoms. The number of halogens is 1. The van der Waals surface area contributed by atoms with Crippen molar-refractivity contribution in [3.63, 3.8) is 0 Å². The quantitative estimate of drug-likeness (QED) is 0.408. The van der Waals surface area contributed by atoms with Crippen LogP contribution in [0.1, 0.15) is 11.1 Å². The zero-order chi connectivity index (χ0) is 15.4. The summed E-state index contributed by atoms with van der Waals surface area (Å²) >= 11 is 3.37. The van der Waals surface area contributed by atoms with Crippen LogP contribution in [-0.4, -0.2) is 11.2 Å². The summed E-state index contributed by atoms with van der Waals surface area (Å²) in [7, 11) is 0. The van der Waals surface area contributed by atoms with Crippen molar-refractivity contribution < 1.29 is 14.3 Å². The monoisotopic (exact) mass is 357 g/mol. The van der Waals surface area contributed by atoms with Crippen LogP contribution >= 0.6 is 15.9 Å². The molecule has 0 fully saturated rings. The molecule has 2 aromatic carbocycles. The molecule has 0 radical (unpaired) electrons. The van der Waals surface area contributed by atoms with Gasteiger partial charge in [0.05, 0.1) is 0 Å².